The number of aryl methyl sites for hydroxylation is 1. The zero-order valence-electron chi connectivity index (χ0n) is 18.0. The van der Waals surface area contributed by atoms with Gasteiger partial charge in [-0.1, -0.05) is 0 Å². The normalized spacial score (nSPS) is 13.0. The highest BCUT2D eigenvalue weighted by Crippen LogP contribution is 2.39. The number of carbonyl (C=O) groups is 2. The van der Waals surface area contributed by atoms with Crippen LogP contribution in [0.1, 0.15) is 46.1 Å². The molecule has 9 heteroatoms. The van der Waals surface area contributed by atoms with Crippen LogP contribution in [0.3, 0.4) is 0 Å². The number of fused-ring (bicyclic) bond motifs is 1. The lowest BCUT2D eigenvalue weighted by molar-refractivity contribution is -0.112. The van der Waals surface area contributed by atoms with Gasteiger partial charge in [-0.25, -0.2) is 4.79 Å². The Morgan fingerprint density at radius 2 is 1.94 bits per heavy atom. The van der Waals surface area contributed by atoms with Gasteiger partial charge in [0.25, 0.3) is 5.91 Å². The van der Waals surface area contributed by atoms with E-state index in [0.717, 1.165) is 36.1 Å². The Labute approximate surface area is 199 Å². The van der Waals surface area contributed by atoms with Gasteiger partial charge in [0.2, 0.25) is 0 Å². The molecule has 0 radical (unpaired) electrons. The maximum atomic E-state index is 13.0. The molecule has 0 atom stereocenters. The number of ether oxygens (including phenoxy) is 3. The number of amides is 1. The van der Waals surface area contributed by atoms with Crippen molar-refractivity contribution in [1.29, 1.82) is 5.26 Å². The van der Waals surface area contributed by atoms with Gasteiger partial charge in [0.15, 0.2) is 0 Å². The quantitative estimate of drug-likeness (QED) is 0.310. The average molecular weight is 519 g/mol. The first-order valence-electron chi connectivity index (χ1n) is 10.1. The minimum absolute atomic E-state index is 0.124. The lowest BCUT2D eigenvalue weighted by Gasteiger charge is -2.12. The fourth-order valence-electron chi connectivity index (χ4n) is 3.54. The summed E-state index contributed by atoms with van der Waals surface area (Å²) in [5, 5.41) is 12.8. The van der Waals surface area contributed by atoms with E-state index in [9.17, 15) is 14.9 Å². The van der Waals surface area contributed by atoms with E-state index in [1.807, 2.05) is 6.07 Å². The molecule has 1 aliphatic carbocycles. The molecular formula is C23H23BrN2O5S. The van der Waals surface area contributed by atoms with E-state index in [1.54, 1.807) is 19.1 Å². The number of thiophene rings is 1. The van der Waals surface area contributed by atoms with Gasteiger partial charge in [0.1, 0.15) is 28.1 Å². The van der Waals surface area contributed by atoms with Gasteiger partial charge in [0, 0.05) is 16.5 Å². The van der Waals surface area contributed by atoms with Crippen molar-refractivity contribution in [2.24, 2.45) is 0 Å². The molecular weight excluding hydrogens is 496 g/mol. The fraction of sp³-hybridized carbons (Fsp3) is 0.348. The molecule has 1 heterocycles. The van der Waals surface area contributed by atoms with Gasteiger partial charge in [-0.15, -0.1) is 11.3 Å². The first-order chi connectivity index (χ1) is 15.4. The van der Waals surface area contributed by atoms with Gasteiger partial charge >= 0.3 is 5.97 Å². The van der Waals surface area contributed by atoms with Crippen LogP contribution in [-0.2, 0) is 22.4 Å². The van der Waals surface area contributed by atoms with Crippen molar-refractivity contribution >= 4 is 50.2 Å². The highest BCUT2D eigenvalue weighted by Gasteiger charge is 2.28. The summed E-state index contributed by atoms with van der Waals surface area (Å²) >= 11 is 4.78. The molecule has 1 aliphatic rings. The second-order valence-electron chi connectivity index (χ2n) is 6.99. The Bertz CT molecular complexity index is 1120. The van der Waals surface area contributed by atoms with Crippen molar-refractivity contribution < 1.29 is 23.8 Å². The van der Waals surface area contributed by atoms with Crippen molar-refractivity contribution in [2.75, 3.05) is 26.1 Å². The number of hydrogen-bond donors (Lipinski definition) is 1. The van der Waals surface area contributed by atoms with Crippen molar-refractivity contribution in [1.82, 2.24) is 0 Å². The van der Waals surface area contributed by atoms with Crippen LogP contribution in [0.25, 0.3) is 6.08 Å². The summed E-state index contributed by atoms with van der Waals surface area (Å²) in [4.78, 5) is 26.7. The van der Waals surface area contributed by atoms with E-state index >= 15 is 0 Å². The highest BCUT2D eigenvalue weighted by molar-refractivity contribution is 9.10. The van der Waals surface area contributed by atoms with Crippen molar-refractivity contribution in [3.63, 3.8) is 0 Å². The molecule has 1 N–H and O–H groups in total. The number of nitrogens with one attached hydrogen (secondary N) is 1. The fourth-order valence-corrected chi connectivity index (χ4v) is 5.34. The van der Waals surface area contributed by atoms with E-state index in [1.165, 1.54) is 31.6 Å². The number of carbonyl (C=O) groups excluding carboxylic acids is 2. The smallest absolute Gasteiger partial charge is 0.341 e. The van der Waals surface area contributed by atoms with E-state index < -0.39 is 11.9 Å². The standard InChI is InChI=1S/C23H23BrN2O5S/c1-4-31-23(28)20-15-7-5-6-8-19(15)32-22(20)26-21(27)14(12-25)9-13-10-16(24)18(30-3)11-17(13)29-2/h9-11H,4-8H2,1-3H3,(H,26,27)/b14-9+. The van der Waals surface area contributed by atoms with E-state index in [0.29, 0.717) is 32.1 Å². The number of halogens is 1. The minimum Gasteiger partial charge on any atom is -0.496 e. The van der Waals surface area contributed by atoms with Crippen LogP contribution in [0.2, 0.25) is 0 Å². The number of esters is 1. The molecule has 1 amide bonds. The summed E-state index contributed by atoms with van der Waals surface area (Å²) in [6, 6.07) is 5.31. The van der Waals surface area contributed by atoms with Crippen LogP contribution in [0, 0.1) is 11.3 Å². The zero-order chi connectivity index (χ0) is 23.3. The van der Waals surface area contributed by atoms with Crippen molar-refractivity contribution in [2.45, 2.75) is 32.6 Å². The zero-order valence-corrected chi connectivity index (χ0v) is 20.4. The number of hydrogen-bond acceptors (Lipinski definition) is 7. The molecule has 1 aromatic carbocycles. The molecule has 7 nitrogen and oxygen atoms in total. The third-order valence-electron chi connectivity index (χ3n) is 5.05. The summed E-state index contributed by atoms with van der Waals surface area (Å²) in [7, 11) is 3.03. The van der Waals surface area contributed by atoms with Crippen LogP contribution in [0.4, 0.5) is 5.00 Å². The molecule has 0 bridgehead atoms. The van der Waals surface area contributed by atoms with Crippen molar-refractivity contribution in [3.05, 3.63) is 43.7 Å². The predicted molar refractivity (Wildman–Crippen MR) is 126 cm³/mol. The summed E-state index contributed by atoms with van der Waals surface area (Å²) in [6.45, 7) is 1.98. The number of nitrogens with zero attached hydrogens (tertiary/aromatic N) is 1. The molecule has 1 aromatic heterocycles. The lowest BCUT2D eigenvalue weighted by atomic mass is 9.95. The summed E-state index contributed by atoms with van der Waals surface area (Å²) in [5.74, 6) is -0.0503. The van der Waals surface area contributed by atoms with Crippen molar-refractivity contribution in [3.8, 4) is 17.6 Å². The SMILES string of the molecule is CCOC(=O)c1c(NC(=O)/C(C#N)=C/c2cc(Br)c(OC)cc2OC)sc2c1CCCC2. The number of methoxy groups -OCH3 is 2. The number of rotatable bonds is 7. The van der Waals surface area contributed by atoms with Crippen LogP contribution < -0.4 is 14.8 Å². The maximum absolute atomic E-state index is 13.0. The molecule has 0 unspecified atom stereocenters. The van der Waals surface area contributed by atoms with Crippen LogP contribution in [0.15, 0.2) is 22.2 Å². The molecule has 0 saturated carbocycles. The van der Waals surface area contributed by atoms with E-state index in [-0.39, 0.29) is 12.2 Å². The number of nitriles is 1. The highest BCUT2D eigenvalue weighted by atomic mass is 79.9. The Balaban J connectivity index is 1.96. The third-order valence-corrected chi connectivity index (χ3v) is 6.87. The van der Waals surface area contributed by atoms with Gasteiger partial charge in [-0.3, -0.25) is 4.79 Å². The third kappa shape index (κ3) is 4.97. The number of benzene rings is 1. The number of anilines is 1. The second kappa shape index (κ2) is 10.7. The molecule has 0 aliphatic heterocycles. The molecule has 3 rings (SSSR count). The molecule has 0 fully saturated rings. The molecule has 0 spiro atoms. The molecule has 32 heavy (non-hydrogen) atoms. The maximum Gasteiger partial charge on any atom is 0.341 e. The monoisotopic (exact) mass is 518 g/mol. The Morgan fingerprint density at radius 3 is 2.59 bits per heavy atom. The van der Waals surface area contributed by atoms with E-state index in [4.69, 9.17) is 14.2 Å². The minimum atomic E-state index is -0.606. The topological polar surface area (TPSA) is 97.7 Å². The largest absolute Gasteiger partial charge is 0.496 e. The summed E-state index contributed by atoms with van der Waals surface area (Å²) in [6.07, 6.45) is 5.10. The molecule has 0 saturated heterocycles. The average Bonchev–Trinajstić information content (AvgIpc) is 3.15. The molecule has 2 aromatic rings. The molecule has 168 valence electrons. The van der Waals surface area contributed by atoms with Gasteiger partial charge in [-0.05, 0) is 66.2 Å². The second-order valence-corrected chi connectivity index (χ2v) is 8.95. The Hall–Kier alpha value is -2.83. The first-order valence-corrected chi connectivity index (χ1v) is 11.7. The summed E-state index contributed by atoms with van der Waals surface area (Å²) < 4.78 is 16.5. The van der Waals surface area contributed by atoms with Gasteiger partial charge in [0.05, 0.1) is 30.9 Å². The van der Waals surface area contributed by atoms with Crippen LogP contribution in [-0.4, -0.2) is 32.7 Å². The van der Waals surface area contributed by atoms with Gasteiger partial charge in [-0.2, -0.15) is 5.26 Å². The van der Waals surface area contributed by atoms with Crippen LogP contribution >= 0.6 is 27.3 Å². The Morgan fingerprint density at radius 1 is 1.22 bits per heavy atom. The first kappa shape index (κ1) is 23.8. The van der Waals surface area contributed by atoms with Gasteiger partial charge < -0.3 is 19.5 Å². The van der Waals surface area contributed by atoms with Crippen LogP contribution in [0.5, 0.6) is 11.5 Å². The Kier molecular flexibility index (Phi) is 7.94. The predicted octanol–water partition coefficient (Wildman–Crippen LogP) is 5.13. The summed E-state index contributed by atoms with van der Waals surface area (Å²) in [5.41, 5.74) is 1.75. The lowest BCUT2D eigenvalue weighted by Crippen LogP contribution is -2.16. The van der Waals surface area contributed by atoms with E-state index in [2.05, 4.69) is 21.2 Å².